The minimum atomic E-state index is -0.632. The lowest BCUT2D eigenvalue weighted by Crippen LogP contribution is -1.97. The lowest BCUT2D eigenvalue weighted by Gasteiger charge is -2.07. The predicted molar refractivity (Wildman–Crippen MR) is 66.5 cm³/mol. The molecule has 0 heterocycles. The van der Waals surface area contributed by atoms with Crippen LogP contribution in [0.3, 0.4) is 0 Å². The molecule has 0 saturated carbocycles. The summed E-state index contributed by atoms with van der Waals surface area (Å²) < 4.78 is 31.3. The highest BCUT2D eigenvalue weighted by Gasteiger charge is 2.02. The molecule has 0 unspecified atom stereocenters. The number of hydrogen-bond donors (Lipinski definition) is 0. The van der Waals surface area contributed by atoms with E-state index in [1.807, 2.05) is 24.3 Å². The van der Waals surface area contributed by atoms with Crippen molar-refractivity contribution in [2.45, 2.75) is 20.0 Å². The van der Waals surface area contributed by atoms with E-state index in [0.29, 0.717) is 6.61 Å². The van der Waals surface area contributed by atoms with Gasteiger partial charge in [0.1, 0.15) is 24.0 Å². The standard InChI is InChI=1S/C15H14F2O/c1-2-11-4-3-5-12(6-11)10-18-15-8-13(16)7-14(17)9-15/h3-9H,2,10H2,1H3. The van der Waals surface area contributed by atoms with Crippen LogP contribution in [-0.2, 0) is 13.0 Å². The topological polar surface area (TPSA) is 9.23 Å². The highest BCUT2D eigenvalue weighted by atomic mass is 19.1. The summed E-state index contributed by atoms with van der Waals surface area (Å²) in [4.78, 5) is 0. The lowest BCUT2D eigenvalue weighted by molar-refractivity contribution is 0.302. The van der Waals surface area contributed by atoms with E-state index < -0.39 is 11.6 Å². The smallest absolute Gasteiger partial charge is 0.129 e. The van der Waals surface area contributed by atoms with Gasteiger partial charge in [0.25, 0.3) is 0 Å². The van der Waals surface area contributed by atoms with E-state index in [2.05, 4.69) is 6.92 Å². The normalized spacial score (nSPS) is 10.4. The van der Waals surface area contributed by atoms with Gasteiger partial charge in [0.05, 0.1) is 0 Å². The fraction of sp³-hybridized carbons (Fsp3) is 0.200. The molecule has 1 nitrogen and oxygen atoms in total. The van der Waals surface area contributed by atoms with Crippen molar-refractivity contribution in [3.63, 3.8) is 0 Å². The zero-order valence-electron chi connectivity index (χ0n) is 10.1. The summed E-state index contributed by atoms with van der Waals surface area (Å²) in [5.74, 6) is -1.06. The van der Waals surface area contributed by atoms with Crippen molar-refractivity contribution in [1.29, 1.82) is 0 Å². The molecule has 2 aromatic rings. The second kappa shape index (κ2) is 5.63. The van der Waals surface area contributed by atoms with E-state index in [1.54, 1.807) is 0 Å². The zero-order chi connectivity index (χ0) is 13.0. The molecule has 2 rings (SSSR count). The van der Waals surface area contributed by atoms with Crippen LogP contribution in [0.15, 0.2) is 42.5 Å². The number of ether oxygens (including phenoxy) is 1. The molecule has 94 valence electrons. The van der Waals surface area contributed by atoms with E-state index in [4.69, 9.17) is 4.74 Å². The third-order valence-corrected chi connectivity index (χ3v) is 2.64. The molecule has 0 spiro atoms. The van der Waals surface area contributed by atoms with Gasteiger partial charge >= 0.3 is 0 Å². The highest BCUT2D eigenvalue weighted by molar-refractivity contribution is 5.26. The van der Waals surface area contributed by atoms with Crippen LogP contribution in [0.2, 0.25) is 0 Å². The molecule has 0 bridgehead atoms. The van der Waals surface area contributed by atoms with Crippen molar-refractivity contribution in [2.75, 3.05) is 0 Å². The molecule has 0 N–H and O–H groups in total. The van der Waals surface area contributed by atoms with E-state index in [1.165, 1.54) is 17.7 Å². The van der Waals surface area contributed by atoms with Crippen molar-refractivity contribution in [3.05, 3.63) is 65.2 Å². The molecule has 18 heavy (non-hydrogen) atoms. The largest absolute Gasteiger partial charge is 0.489 e. The Kier molecular flexibility index (Phi) is 3.92. The summed E-state index contributed by atoms with van der Waals surface area (Å²) in [6, 6.07) is 11.1. The van der Waals surface area contributed by atoms with E-state index in [0.717, 1.165) is 18.1 Å². The number of benzene rings is 2. The molecular weight excluding hydrogens is 234 g/mol. The van der Waals surface area contributed by atoms with Gasteiger partial charge in [-0.25, -0.2) is 8.78 Å². The van der Waals surface area contributed by atoms with Crippen LogP contribution < -0.4 is 4.74 Å². The first-order valence-electron chi connectivity index (χ1n) is 5.84. The van der Waals surface area contributed by atoms with Gasteiger partial charge in [-0.1, -0.05) is 31.2 Å². The van der Waals surface area contributed by atoms with Crippen LogP contribution in [0.5, 0.6) is 5.75 Å². The molecule has 0 radical (unpaired) electrons. The molecule has 0 aliphatic carbocycles. The van der Waals surface area contributed by atoms with Crippen LogP contribution in [0.4, 0.5) is 8.78 Å². The summed E-state index contributed by atoms with van der Waals surface area (Å²) in [5.41, 5.74) is 2.19. The molecule has 0 amide bonds. The quantitative estimate of drug-likeness (QED) is 0.791. The number of rotatable bonds is 4. The van der Waals surface area contributed by atoms with Gasteiger partial charge in [0.2, 0.25) is 0 Å². The molecular formula is C15H14F2O. The van der Waals surface area contributed by atoms with Crippen LogP contribution in [0, 0.1) is 11.6 Å². The molecule has 0 fully saturated rings. The van der Waals surface area contributed by atoms with Crippen molar-refractivity contribution < 1.29 is 13.5 Å². The summed E-state index contributed by atoms with van der Waals surface area (Å²) in [7, 11) is 0. The van der Waals surface area contributed by atoms with Gasteiger partial charge in [0, 0.05) is 18.2 Å². The Bertz CT molecular complexity index is 518. The van der Waals surface area contributed by atoms with E-state index >= 15 is 0 Å². The van der Waals surface area contributed by atoms with Crippen molar-refractivity contribution in [3.8, 4) is 5.75 Å². The summed E-state index contributed by atoms with van der Waals surface area (Å²) in [6.07, 6.45) is 0.947. The maximum Gasteiger partial charge on any atom is 0.129 e. The van der Waals surface area contributed by atoms with Crippen LogP contribution >= 0.6 is 0 Å². The number of aryl methyl sites for hydroxylation is 1. The first-order valence-corrected chi connectivity index (χ1v) is 5.84. The first-order chi connectivity index (χ1) is 8.67. The minimum absolute atomic E-state index is 0.203. The Morgan fingerprint density at radius 1 is 0.944 bits per heavy atom. The summed E-state index contributed by atoms with van der Waals surface area (Å²) >= 11 is 0. The molecule has 0 aliphatic heterocycles. The average molecular weight is 248 g/mol. The maximum absolute atomic E-state index is 13.0. The lowest BCUT2D eigenvalue weighted by atomic mass is 10.1. The minimum Gasteiger partial charge on any atom is -0.489 e. The van der Waals surface area contributed by atoms with Gasteiger partial charge in [-0.2, -0.15) is 0 Å². The fourth-order valence-corrected chi connectivity index (χ4v) is 1.72. The molecule has 2 aromatic carbocycles. The van der Waals surface area contributed by atoms with Crippen LogP contribution in [0.1, 0.15) is 18.1 Å². The molecule has 0 aromatic heterocycles. The van der Waals surface area contributed by atoms with E-state index in [9.17, 15) is 8.78 Å². The monoisotopic (exact) mass is 248 g/mol. The second-order valence-corrected chi connectivity index (χ2v) is 4.07. The third-order valence-electron chi connectivity index (χ3n) is 2.64. The Hall–Kier alpha value is -1.90. The van der Waals surface area contributed by atoms with Gasteiger partial charge in [0.15, 0.2) is 0 Å². The first kappa shape index (κ1) is 12.6. The molecule has 0 atom stereocenters. The number of hydrogen-bond acceptors (Lipinski definition) is 1. The highest BCUT2D eigenvalue weighted by Crippen LogP contribution is 2.17. The second-order valence-electron chi connectivity index (χ2n) is 4.07. The summed E-state index contributed by atoms with van der Waals surface area (Å²) in [5, 5.41) is 0. The van der Waals surface area contributed by atoms with Crippen molar-refractivity contribution >= 4 is 0 Å². The van der Waals surface area contributed by atoms with Gasteiger partial charge < -0.3 is 4.74 Å². The Balaban J connectivity index is 2.06. The summed E-state index contributed by atoms with van der Waals surface area (Å²) in [6.45, 7) is 2.37. The van der Waals surface area contributed by atoms with Gasteiger partial charge in [-0.15, -0.1) is 0 Å². The van der Waals surface area contributed by atoms with E-state index in [-0.39, 0.29) is 5.75 Å². The molecule has 0 saturated heterocycles. The Morgan fingerprint density at radius 3 is 2.28 bits per heavy atom. The maximum atomic E-state index is 13.0. The molecule has 3 heteroatoms. The van der Waals surface area contributed by atoms with Crippen molar-refractivity contribution in [1.82, 2.24) is 0 Å². The zero-order valence-corrected chi connectivity index (χ0v) is 10.1. The average Bonchev–Trinajstić information content (AvgIpc) is 2.35. The predicted octanol–water partition coefficient (Wildman–Crippen LogP) is 4.11. The number of halogens is 2. The Morgan fingerprint density at radius 2 is 1.61 bits per heavy atom. The Labute approximate surface area is 105 Å². The van der Waals surface area contributed by atoms with Gasteiger partial charge in [-0.3, -0.25) is 0 Å². The van der Waals surface area contributed by atoms with Gasteiger partial charge in [-0.05, 0) is 17.5 Å². The van der Waals surface area contributed by atoms with Crippen LogP contribution in [0.25, 0.3) is 0 Å². The molecule has 0 aliphatic rings. The third kappa shape index (κ3) is 3.29. The van der Waals surface area contributed by atoms with Crippen molar-refractivity contribution in [2.24, 2.45) is 0 Å². The fourth-order valence-electron chi connectivity index (χ4n) is 1.72. The SMILES string of the molecule is CCc1cccc(COc2cc(F)cc(F)c2)c1. The van der Waals surface area contributed by atoms with Crippen LogP contribution in [-0.4, -0.2) is 0 Å².